The van der Waals surface area contributed by atoms with E-state index in [4.69, 9.17) is 0 Å². The Labute approximate surface area is 172 Å². The monoisotopic (exact) mass is 411 g/mol. The average Bonchev–Trinajstić information content (AvgIpc) is 3.20. The molecule has 0 spiro atoms. The third-order valence-corrected chi connectivity index (χ3v) is 6.49. The predicted octanol–water partition coefficient (Wildman–Crippen LogP) is 4.17. The third-order valence-electron chi connectivity index (χ3n) is 4.40. The van der Waals surface area contributed by atoms with Crippen molar-refractivity contribution in [1.82, 2.24) is 14.8 Å². The molecule has 0 fully saturated rings. The van der Waals surface area contributed by atoms with Gasteiger partial charge < -0.3 is 9.88 Å². The van der Waals surface area contributed by atoms with Gasteiger partial charge in [0.05, 0.1) is 11.3 Å². The van der Waals surface area contributed by atoms with Crippen molar-refractivity contribution in [2.45, 2.75) is 38.9 Å². The Kier molecular flexibility index (Phi) is 6.49. The van der Waals surface area contributed by atoms with E-state index in [0.717, 1.165) is 28.0 Å². The Morgan fingerprint density at radius 2 is 2.04 bits per heavy atom. The lowest BCUT2D eigenvalue weighted by molar-refractivity contribution is -0.113. The minimum atomic E-state index is -0.155. The Balaban J connectivity index is 1.65. The molecule has 0 radical (unpaired) electrons. The maximum absolute atomic E-state index is 12.4. The maximum atomic E-state index is 12.4. The molecule has 1 aromatic carbocycles. The van der Waals surface area contributed by atoms with Crippen LogP contribution in [0.4, 0.5) is 5.00 Å². The Hall–Kier alpha value is -2.63. The SMILES string of the molecule is CCn1c(Cc2ccccc2)nnc1SCC(=O)Nc1sc(C)c(C)c1C#N. The summed E-state index contributed by atoms with van der Waals surface area (Å²) in [7, 11) is 0. The van der Waals surface area contributed by atoms with E-state index in [9.17, 15) is 10.1 Å². The minimum Gasteiger partial charge on any atom is -0.316 e. The summed E-state index contributed by atoms with van der Waals surface area (Å²) in [6, 6.07) is 12.3. The van der Waals surface area contributed by atoms with Crippen molar-refractivity contribution >= 4 is 34.0 Å². The van der Waals surface area contributed by atoms with Crippen LogP contribution in [0.5, 0.6) is 0 Å². The van der Waals surface area contributed by atoms with Crippen molar-refractivity contribution in [3.05, 3.63) is 57.7 Å². The number of hydrogen-bond donors (Lipinski definition) is 1. The van der Waals surface area contributed by atoms with Gasteiger partial charge in [0.1, 0.15) is 16.9 Å². The molecule has 2 heterocycles. The summed E-state index contributed by atoms with van der Waals surface area (Å²) in [5.74, 6) is 0.940. The van der Waals surface area contributed by atoms with Gasteiger partial charge in [0.2, 0.25) is 5.91 Å². The van der Waals surface area contributed by atoms with Crippen LogP contribution in [0.3, 0.4) is 0 Å². The number of benzene rings is 1. The molecule has 0 bridgehead atoms. The lowest BCUT2D eigenvalue weighted by atomic mass is 10.1. The first-order valence-corrected chi connectivity index (χ1v) is 10.7. The molecule has 8 heteroatoms. The summed E-state index contributed by atoms with van der Waals surface area (Å²) in [4.78, 5) is 13.4. The minimum absolute atomic E-state index is 0.155. The van der Waals surface area contributed by atoms with E-state index in [2.05, 4.69) is 33.7 Å². The van der Waals surface area contributed by atoms with Crippen molar-refractivity contribution in [2.75, 3.05) is 11.1 Å². The van der Waals surface area contributed by atoms with Crippen LogP contribution >= 0.6 is 23.1 Å². The zero-order valence-electron chi connectivity index (χ0n) is 16.0. The van der Waals surface area contributed by atoms with Crippen LogP contribution < -0.4 is 5.32 Å². The normalized spacial score (nSPS) is 10.6. The van der Waals surface area contributed by atoms with Crippen LogP contribution in [-0.2, 0) is 17.8 Å². The van der Waals surface area contributed by atoms with Crippen molar-refractivity contribution in [3.8, 4) is 6.07 Å². The smallest absolute Gasteiger partial charge is 0.235 e. The van der Waals surface area contributed by atoms with E-state index >= 15 is 0 Å². The number of aryl methyl sites for hydroxylation is 1. The summed E-state index contributed by atoms with van der Waals surface area (Å²) >= 11 is 2.79. The van der Waals surface area contributed by atoms with E-state index in [1.54, 1.807) is 0 Å². The number of carbonyl (C=O) groups excluding carboxylic acids is 1. The number of thiophene rings is 1. The second kappa shape index (κ2) is 9.04. The number of thioether (sulfide) groups is 1. The number of nitrogens with zero attached hydrogens (tertiary/aromatic N) is 4. The van der Waals surface area contributed by atoms with Gasteiger partial charge in [-0.15, -0.1) is 21.5 Å². The second-order valence-corrected chi connectivity index (χ2v) is 8.41. The molecule has 6 nitrogen and oxygen atoms in total. The number of nitriles is 1. The molecule has 144 valence electrons. The van der Waals surface area contributed by atoms with Crippen molar-refractivity contribution in [3.63, 3.8) is 0 Å². The van der Waals surface area contributed by atoms with Crippen LogP contribution in [0.25, 0.3) is 0 Å². The first-order chi connectivity index (χ1) is 13.5. The fourth-order valence-electron chi connectivity index (χ4n) is 2.80. The van der Waals surface area contributed by atoms with Gasteiger partial charge in [-0.05, 0) is 31.9 Å². The molecule has 3 aromatic rings. The van der Waals surface area contributed by atoms with Gasteiger partial charge in [0.25, 0.3) is 0 Å². The molecule has 1 amide bonds. The first kappa shape index (κ1) is 20.1. The molecule has 0 saturated carbocycles. The highest BCUT2D eigenvalue weighted by Crippen LogP contribution is 2.31. The van der Waals surface area contributed by atoms with E-state index < -0.39 is 0 Å². The Morgan fingerprint density at radius 3 is 2.71 bits per heavy atom. The average molecular weight is 412 g/mol. The van der Waals surface area contributed by atoms with Crippen LogP contribution in [0.1, 0.15) is 34.3 Å². The van der Waals surface area contributed by atoms with Gasteiger partial charge in [0, 0.05) is 17.8 Å². The molecule has 0 aliphatic rings. The largest absolute Gasteiger partial charge is 0.316 e. The molecule has 1 N–H and O–H groups in total. The van der Waals surface area contributed by atoms with Gasteiger partial charge in [-0.2, -0.15) is 5.26 Å². The Bertz CT molecular complexity index is 1020. The molecule has 2 aromatic heterocycles. The predicted molar refractivity (Wildman–Crippen MR) is 113 cm³/mol. The summed E-state index contributed by atoms with van der Waals surface area (Å²) in [5.41, 5.74) is 2.64. The standard InChI is InChI=1S/C20H21N5OS2/c1-4-25-17(10-15-8-6-5-7-9-15)23-24-20(25)27-12-18(26)22-19-16(11-21)13(2)14(3)28-19/h5-9H,4,10,12H2,1-3H3,(H,22,26). The first-order valence-electron chi connectivity index (χ1n) is 8.92. The van der Waals surface area contributed by atoms with Gasteiger partial charge in [-0.3, -0.25) is 4.79 Å². The summed E-state index contributed by atoms with van der Waals surface area (Å²) in [6.07, 6.45) is 0.702. The summed E-state index contributed by atoms with van der Waals surface area (Å²) < 4.78 is 2.03. The Morgan fingerprint density at radius 1 is 1.29 bits per heavy atom. The second-order valence-electron chi connectivity index (χ2n) is 6.24. The van der Waals surface area contributed by atoms with Crippen molar-refractivity contribution in [1.29, 1.82) is 5.26 Å². The number of aromatic nitrogens is 3. The fraction of sp³-hybridized carbons (Fsp3) is 0.300. The highest BCUT2D eigenvalue weighted by Gasteiger charge is 2.17. The third kappa shape index (κ3) is 4.43. The van der Waals surface area contributed by atoms with Crippen LogP contribution in [0, 0.1) is 25.2 Å². The molecule has 0 unspecified atom stereocenters. The van der Waals surface area contributed by atoms with Crippen molar-refractivity contribution in [2.24, 2.45) is 0 Å². The number of rotatable bonds is 7. The van der Waals surface area contributed by atoms with E-state index in [-0.39, 0.29) is 11.7 Å². The molecule has 28 heavy (non-hydrogen) atoms. The van der Waals surface area contributed by atoms with Crippen molar-refractivity contribution < 1.29 is 4.79 Å². The number of anilines is 1. The summed E-state index contributed by atoms with van der Waals surface area (Å²) in [6.45, 7) is 6.62. The van der Waals surface area contributed by atoms with Gasteiger partial charge in [-0.1, -0.05) is 42.1 Å². The molecule has 0 aliphatic carbocycles. The molecule has 0 aliphatic heterocycles. The van der Waals surface area contributed by atoms with Crippen LogP contribution in [-0.4, -0.2) is 26.4 Å². The van der Waals surface area contributed by atoms with E-state index in [1.807, 2.05) is 43.5 Å². The van der Waals surface area contributed by atoms with Crippen LogP contribution in [0.2, 0.25) is 0 Å². The van der Waals surface area contributed by atoms with Gasteiger partial charge in [-0.25, -0.2) is 0 Å². The molecule has 3 rings (SSSR count). The quantitative estimate of drug-likeness (QED) is 0.590. The number of carbonyl (C=O) groups is 1. The highest BCUT2D eigenvalue weighted by atomic mass is 32.2. The lowest BCUT2D eigenvalue weighted by Crippen LogP contribution is -2.14. The number of hydrogen-bond acceptors (Lipinski definition) is 6. The van der Waals surface area contributed by atoms with Crippen LogP contribution in [0.15, 0.2) is 35.5 Å². The molecule has 0 saturated heterocycles. The van der Waals surface area contributed by atoms with E-state index in [1.165, 1.54) is 28.7 Å². The number of nitrogens with one attached hydrogen (secondary N) is 1. The molecular weight excluding hydrogens is 390 g/mol. The number of amides is 1. The topological polar surface area (TPSA) is 83.6 Å². The zero-order valence-corrected chi connectivity index (χ0v) is 17.7. The molecule has 0 atom stereocenters. The lowest BCUT2D eigenvalue weighted by Gasteiger charge is -2.07. The molecular formula is C20H21N5OS2. The summed E-state index contributed by atoms with van der Waals surface area (Å²) in [5, 5.41) is 22.1. The maximum Gasteiger partial charge on any atom is 0.235 e. The fourth-order valence-corrected chi connectivity index (χ4v) is 4.64. The van der Waals surface area contributed by atoms with Gasteiger partial charge in [0.15, 0.2) is 5.16 Å². The highest BCUT2D eigenvalue weighted by molar-refractivity contribution is 7.99. The van der Waals surface area contributed by atoms with E-state index in [0.29, 0.717) is 17.0 Å². The van der Waals surface area contributed by atoms with Gasteiger partial charge >= 0.3 is 0 Å². The zero-order chi connectivity index (χ0) is 20.1.